The molecule has 0 aliphatic carbocycles. The molecule has 1 unspecified atom stereocenters. The average molecular weight is 319 g/mol. The summed E-state index contributed by atoms with van der Waals surface area (Å²) < 4.78 is 0. The molecule has 1 rings (SSSR count). The summed E-state index contributed by atoms with van der Waals surface area (Å²) in [6, 6.07) is -0.864. The van der Waals surface area contributed by atoms with Gasteiger partial charge in [0.2, 0.25) is 5.91 Å². The Bertz CT molecular complexity index is 453. The predicted molar refractivity (Wildman–Crippen MR) is 77.5 cm³/mol. The number of hydrogen-bond donors (Lipinski definition) is 2. The van der Waals surface area contributed by atoms with Crippen LogP contribution in [0, 0.1) is 0 Å². The van der Waals surface area contributed by atoms with Crippen LogP contribution in [0.15, 0.2) is 12.7 Å². The maximum absolute atomic E-state index is 11.8. The molecule has 9 heteroatoms. The number of hydrogen-bond acceptors (Lipinski definition) is 5. The summed E-state index contributed by atoms with van der Waals surface area (Å²) in [6.45, 7) is 5.00. The van der Waals surface area contributed by atoms with Crippen molar-refractivity contribution in [2.24, 2.45) is 5.73 Å². The van der Waals surface area contributed by atoms with Crippen LogP contribution in [-0.2, 0) is 14.4 Å². The van der Waals surface area contributed by atoms with E-state index >= 15 is 0 Å². The lowest BCUT2D eigenvalue weighted by Gasteiger charge is -2.14. The van der Waals surface area contributed by atoms with E-state index in [0.29, 0.717) is 17.9 Å². The highest BCUT2D eigenvalue weighted by Gasteiger charge is 2.44. The van der Waals surface area contributed by atoms with E-state index < -0.39 is 30.3 Å². The van der Waals surface area contributed by atoms with Crippen molar-refractivity contribution in [3.63, 3.8) is 0 Å². The molecule has 1 saturated heterocycles. The van der Waals surface area contributed by atoms with E-state index in [9.17, 15) is 19.2 Å². The van der Waals surface area contributed by atoms with E-state index in [1.807, 2.05) is 0 Å². The molecule has 0 saturated carbocycles. The lowest BCUT2D eigenvalue weighted by atomic mass is 10.2. The van der Waals surface area contributed by atoms with Crippen LogP contribution in [0.1, 0.15) is 13.3 Å². The van der Waals surface area contributed by atoms with Crippen LogP contribution in [-0.4, -0.2) is 59.2 Å². The zero-order chi connectivity index (χ0) is 15.3. The minimum absolute atomic E-state index is 0. The fourth-order valence-corrected chi connectivity index (χ4v) is 1.62. The monoisotopic (exact) mass is 318 g/mol. The van der Waals surface area contributed by atoms with Gasteiger partial charge in [0, 0.05) is 19.1 Å². The Morgan fingerprint density at radius 1 is 1.33 bits per heavy atom. The lowest BCUT2D eigenvalue weighted by molar-refractivity contribution is -0.143. The molecule has 1 heterocycles. The Hall–Kier alpha value is -1.93. The van der Waals surface area contributed by atoms with Gasteiger partial charge in [-0.3, -0.25) is 19.3 Å². The molecular formula is C12H19ClN4O4. The number of rotatable bonds is 7. The molecule has 0 aromatic rings. The van der Waals surface area contributed by atoms with Crippen molar-refractivity contribution in [3.8, 4) is 0 Å². The van der Waals surface area contributed by atoms with E-state index in [1.165, 1.54) is 6.08 Å². The number of halogens is 1. The molecule has 0 aromatic carbocycles. The van der Waals surface area contributed by atoms with Gasteiger partial charge in [-0.2, -0.15) is 0 Å². The summed E-state index contributed by atoms with van der Waals surface area (Å²) in [4.78, 5) is 47.9. The van der Waals surface area contributed by atoms with Gasteiger partial charge >= 0.3 is 17.8 Å². The molecule has 0 bridgehead atoms. The molecule has 5 amide bonds. The molecule has 0 radical (unpaired) electrons. The van der Waals surface area contributed by atoms with Crippen LogP contribution in [0.4, 0.5) is 4.79 Å². The minimum Gasteiger partial charge on any atom is -0.354 e. The van der Waals surface area contributed by atoms with Gasteiger partial charge < -0.3 is 11.1 Å². The summed E-state index contributed by atoms with van der Waals surface area (Å²) in [6.07, 6.45) is 1.91. The molecule has 1 aliphatic rings. The average Bonchev–Trinajstić information content (AvgIpc) is 2.56. The third-order valence-corrected chi connectivity index (χ3v) is 2.67. The zero-order valence-electron chi connectivity index (χ0n) is 11.7. The highest BCUT2D eigenvalue weighted by molar-refractivity contribution is 6.45. The van der Waals surface area contributed by atoms with Crippen LogP contribution in [0.25, 0.3) is 0 Å². The second kappa shape index (κ2) is 8.38. The maximum atomic E-state index is 11.8. The number of amides is 5. The van der Waals surface area contributed by atoms with Gasteiger partial charge in [0.1, 0.15) is 6.54 Å². The largest absolute Gasteiger partial charge is 0.354 e. The molecule has 0 aromatic heterocycles. The molecule has 1 fully saturated rings. The number of carbonyl (C=O) groups is 4. The number of nitrogens with two attached hydrogens (primary N) is 1. The molecule has 8 nitrogen and oxygen atoms in total. The van der Waals surface area contributed by atoms with Crippen LogP contribution < -0.4 is 11.1 Å². The summed E-state index contributed by atoms with van der Waals surface area (Å²) in [5, 5.41) is 2.53. The second-order valence-corrected chi connectivity index (χ2v) is 4.49. The van der Waals surface area contributed by atoms with Crippen LogP contribution in [0.2, 0.25) is 0 Å². The summed E-state index contributed by atoms with van der Waals surface area (Å²) >= 11 is 0. The van der Waals surface area contributed by atoms with Gasteiger partial charge in [-0.15, -0.1) is 19.0 Å². The van der Waals surface area contributed by atoms with Crippen molar-refractivity contribution in [2.75, 3.05) is 19.6 Å². The Morgan fingerprint density at radius 2 is 1.90 bits per heavy atom. The number of nitrogens with zero attached hydrogens (tertiary/aromatic N) is 2. The predicted octanol–water partition coefficient (Wildman–Crippen LogP) is -0.761. The first-order valence-electron chi connectivity index (χ1n) is 6.19. The summed E-state index contributed by atoms with van der Waals surface area (Å²) in [7, 11) is 0. The van der Waals surface area contributed by atoms with Crippen molar-refractivity contribution < 1.29 is 19.2 Å². The second-order valence-electron chi connectivity index (χ2n) is 4.49. The lowest BCUT2D eigenvalue weighted by Crippen LogP contribution is -2.42. The minimum atomic E-state index is -1.00. The number of urea groups is 1. The van der Waals surface area contributed by atoms with Crippen molar-refractivity contribution in [3.05, 3.63) is 12.7 Å². The molecule has 118 valence electrons. The van der Waals surface area contributed by atoms with Crippen molar-refractivity contribution in [1.29, 1.82) is 0 Å². The van der Waals surface area contributed by atoms with Gasteiger partial charge in [0.15, 0.2) is 0 Å². The number of carbonyl (C=O) groups excluding carboxylic acids is 4. The van der Waals surface area contributed by atoms with Gasteiger partial charge in [0.25, 0.3) is 0 Å². The smallest absolute Gasteiger partial charge is 0.335 e. The zero-order valence-corrected chi connectivity index (χ0v) is 12.5. The van der Waals surface area contributed by atoms with E-state index in [1.54, 1.807) is 6.92 Å². The van der Waals surface area contributed by atoms with Crippen LogP contribution in [0.5, 0.6) is 0 Å². The normalized spacial score (nSPS) is 15.8. The standard InChI is InChI=1S/C12H18N4O4.ClH/c1-3-6-15-10(18)11(19)16(12(15)20)7-9(17)14-5-4-8(2)13;/h3,8H,1,4-7,13H2,2H3,(H,14,17);1H. The Balaban J connectivity index is 0.00000400. The van der Waals surface area contributed by atoms with Crippen LogP contribution >= 0.6 is 12.4 Å². The molecule has 21 heavy (non-hydrogen) atoms. The molecular weight excluding hydrogens is 300 g/mol. The first-order chi connectivity index (χ1) is 9.38. The van der Waals surface area contributed by atoms with Crippen molar-refractivity contribution in [2.45, 2.75) is 19.4 Å². The first-order valence-corrected chi connectivity index (χ1v) is 6.19. The Morgan fingerprint density at radius 3 is 2.43 bits per heavy atom. The molecule has 1 aliphatic heterocycles. The quantitative estimate of drug-likeness (QED) is 0.364. The maximum Gasteiger partial charge on any atom is 0.335 e. The molecule has 3 N–H and O–H groups in total. The van der Waals surface area contributed by atoms with Crippen LogP contribution in [0.3, 0.4) is 0 Å². The van der Waals surface area contributed by atoms with Crippen molar-refractivity contribution >= 4 is 36.2 Å². The van der Waals surface area contributed by atoms with Gasteiger partial charge in [-0.05, 0) is 13.3 Å². The van der Waals surface area contributed by atoms with E-state index in [0.717, 1.165) is 4.90 Å². The van der Waals surface area contributed by atoms with Gasteiger partial charge in [-0.25, -0.2) is 9.69 Å². The summed E-state index contributed by atoms with van der Waals surface area (Å²) in [5.41, 5.74) is 5.53. The third kappa shape index (κ3) is 4.83. The number of imide groups is 2. The van der Waals surface area contributed by atoms with E-state index in [4.69, 9.17) is 5.73 Å². The molecule has 1 atom stereocenters. The Kier molecular flexibility index (Phi) is 7.61. The van der Waals surface area contributed by atoms with Crippen molar-refractivity contribution in [1.82, 2.24) is 15.1 Å². The Labute approximate surface area is 128 Å². The SMILES string of the molecule is C=CCN1C(=O)C(=O)N(CC(=O)NCCC(C)N)C1=O.Cl. The molecule has 0 spiro atoms. The topological polar surface area (TPSA) is 113 Å². The van der Waals surface area contributed by atoms with E-state index in [2.05, 4.69) is 11.9 Å². The highest BCUT2D eigenvalue weighted by Crippen LogP contribution is 2.11. The summed E-state index contributed by atoms with van der Waals surface area (Å²) in [5.74, 6) is -2.46. The fourth-order valence-electron chi connectivity index (χ4n) is 1.62. The van der Waals surface area contributed by atoms with Gasteiger partial charge in [0.05, 0.1) is 0 Å². The highest BCUT2D eigenvalue weighted by atomic mass is 35.5. The third-order valence-electron chi connectivity index (χ3n) is 2.67. The van der Waals surface area contributed by atoms with E-state index in [-0.39, 0.29) is 25.0 Å². The fraction of sp³-hybridized carbons (Fsp3) is 0.500. The number of nitrogens with one attached hydrogen (secondary N) is 1. The first kappa shape index (κ1) is 19.1. The van der Waals surface area contributed by atoms with Gasteiger partial charge in [-0.1, -0.05) is 6.08 Å².